The van der Waals surface area contributed by atoms with E-state index in [1.807, 2.05) is 0 Å². The van der Waals surface area contributed by atoms with Crippen LogP contribution >= 0.6 is 0 Å². The average molecular weight is 244 g/mol. The van der Waals surface area contributed by atoms with E-state index in [9.17, 15) is 13.5 Å². The molecule has 0 fully saturated rings. The third-order valence-electron chi connectivity index (χ3n) is 1.75. The molecule has 0 aliphatic rings. The van der Waals surface area contributed by atoms with Crippen molar-refractivity contribution in [2.75, 3.05) is 5.73 Å². The van der Waals surface area contributed by atoms with Crippen molar-refractivity contribution >= 4 is 15.7 Å². The number of hydrogen-bond acceptors (Lipinski definition) is 4. The summed E-state index contributed by atoms with van der Waals surface area (Å²) in [7, 11) is -3.62. The molecule has 0 aliphatic heterocycles. The summed E-state index contributed by atoms with van der Waals surface area (Å²) < 4.78 is 26.2. The van der Waals surface area contributed by atoms with Crippen molar-refractivity contribution in [3.05, 3.63) is 18.2 Å². The minimum absolute atomic E-state index is 0.00544. The van der Waals surface area contributed by atoms with Crippen LogP contribution in [0.2, 0.25) is 0 Å². The van der Waals surface area contributed by atoms with Gasteiger partial charge in [0, 0.05) is 11.6 Å². The Kier molecular flexibility index (Phi) is 3.16. The van der Waals surface area contributed by atoms with E-state index in [2.05, 4.69) is 4.72 Å². The van der Waals surface area contributed by atoms with E-state index in [-0.39, 0.29) is 16.3 Å². The number of anilines is 1. The van der Waals surface area contributed by atoms with Crippen LogP contribution in [0.1, 0.15) is 20.8 Å². The number of phenolic OH excluding ortho intramolecular Hbond substituents is 1. The molecule has 0 aliphatic carbocycles. The number of aromatic hydroxyl groups is 1. The highest BCUT2D eigenvalue weighted by Crippen LogP contribution is 2.24. The van der Waals surface area contributed by atoms with Gasteiger partial charge in [-0.3, -0.25) is 0 Å². The van der Waals surface area contributed by atoms with E-state index < -0.39 is 15.6 Å². The number of sulfonamides is 1. The molecular formula is C10H16N2O3S. The fraction of sp³-hybridized carbons (Fsp3) is 0.400. The molecule has 1 aromatic rings. The summed E-state index contributed by atoms with van der Waals surface area (Å²) in [5.41, 5.74) is 4.97. The Hall–Kier alpha value is -1.27. The third-order valence-corrected chi connectivity index (χ3v) is 3.51. The van der Waals surface area contributed by atoms with E-state index in [0.717, 1.165) is 6.07 Å². The Morgan fingerprint density at radius 1 is 1.31 bits per heavy atom. The highest BCUT2D eigenvalue weighted by Gasteiger charge is 2.22. The second kappa shape index (κ2) is 3.95. The van der Waals surface area contributed by atoms with Crippen LogP contribution < -0.4 is 10.5 Å². The Balaban J connectivity index is 3.13. The predicted molar refractivity (Wildman–Crippen MR) is 62.6 cm³/mol. The van der Waals surface area contributed by atoms with Crippen molar-refractivity contribution in [2.24, 2.45) is 0 Å². The van der Waals surface area contributed by atoms with Crippen LogP contribution in [0.4, 0.5) is 5.69 Å². The van der Waals surface area contributed by atoms with Crippen LogP contribution in [0.15, 0.2) is 23.1 Å². The lowest BCUT2D eigenvalue weighted by Crippen LogP contribution is -2.40. The minimum atomic E-state index is -3.62. The zero-order chi connectivity index (χ0) is 12.6. The maximum absolute atomic E-state index is 11.8. The number of rotatable bonds is 2. The summed E-state index contributed by atoms with van der Waals surface area (Å²) in [6.45, 7) is 5.21. The van der Waals surface area contributed by atoms with Crippen LogP contribution in [-0.4, -0.2) is 19.1 Å². The van der Waals surface area contributed by atoms with Gasteiger partial charge in [-0.15, -0.1) is 0 Å². The van der Waals surface area contributed by atoms with Crippen molar-refractivity contribution in [3.63, 3.8) is 0 Å². The highest BCUT2D eigenvalue weighted by molar-refractivity contribution is 7.89. The Morgan fingerprint density at radius 2 is 1.88 bits per heavy atom. The summed E-state index contributed by atoms with van der Waals surface area (Å²) in [4.78, 5) is -0.00544. The number of benzene rings is 1. The molecule has 0 bridgehead atoms. The van der Waals surface area contributed by atoms with E-state index >= 15 is 0 Å². The molecule has 1 aromatic carbocycles. The first-order valence-corrected chi connectivity index (χ1v) is 6.23. The van der Waals surface area contributed by atoms with Crippen molar-refractivity contribution in [2.45, 2.75) is 31.2 Å². The first-order valence-electron chi connectivity index (χ1n) is 4.74. The second-order valence-electron chi connectivity index (χ2n) is 4.58. The lowest BCUT2D eigenvalue weighted by molar-refractivity contribution is 0.473. The predicted octanol–water partition coefficient (Wildman–Crippen LogP) is 1.05. The minimum Gasteiger partial charge on any atom is -0.506 e. The van der Waals surface area contributed by atoms with E-state index in [1.54, 1.807) is 20.8 Å². The zero-order valence-corrected chi connectivity index (χ0v) is 10.3. The van der Waals surface area contributed by atoms with Crippen LogP contribution in [0.5, 0.6) is 5.75 Å². The quantitative estimate of drug-likeness (QED) is 0.535. The van der Waals surface area contributed by atoms with Gasteiger partial charge in [-0.25, -0.2) is 13.1 Å². The number of nitrogens with one attached hydrogen (secondary N) is 1. The molecule has 4 N–H and O–H groups in total. The molecule has 0 spiro atoms. The number of nitrogen functional groups attached to an aromatic ring is 1. The topological polar surface area (TPSA) is 92.4 Å². The molecule has 0 saturated heterocycles. The summed E-state index contributed by atoms with van der Waals surface area (Å²) in [6.07, 6.45) is 0. The van der Waals surface area contributed by atoms with Gasteiger partial charge in [0.2, 0.25) is 10.0 Å². The molecule has 90 valence electrons. The molecule has 0 saturated carbocycles. The fourth-order valence-electron chi connectivity index (χ4n) is 1.15. The molecule has 5 nitrogen and oxygen atoms in total. The summed E-state index contributed by atoms with van der Waals surface area (Å²) in [5.74, 6) is -0.239. The molecule has 1 rings (SSSR count). The lowest BCUT2D eigenvalue weighted by Gasteiger charge is -2.20. The molecule has 6 heteroatoms. The van der Waals surface area contributed by atoms with Gasteiger partial charge >= 0.3 is 0 Å². The summed E-state index contributed by atoms with van der Waals surface area (Å²) >= 11 is 0. The Morgan fingerprint density at radius 3 is 2.31 bits per heavy atom. The van der Waals surface area contributed by atoms with Crippen molar-refractivity contribution in [1.82, 2.24) is 4.72 Å². The Bertz CT molecular complexity index is 489. The van der Waals surface area contributed by atoms with E-state index in [4.69, 9.17) is 5.73 Å². The maximum Gasteiger partial charge on any atom is 0.241 e. The smallest absolute Gasteiger partial charge is 0.241 e. The average Bonchev–Trinajstić information content (AvgIpc) is 2.05. The number of hydrogen-bond donors (Lipinski definition) is 3. The first kappa shape index (κ1) is 12.8. The molecular weight excluding hydrogens is 228 g/mol. The number of phenols is 1. The SMILES string of the molecule is CC(C)(C)NS(=O)(=O)c1ccc(N)c(O)c1. The zero-order valence-electron chi connectivity index (χ0n) is 9.48. The Labute approximate surface area is 95.3 Å². The van der Waals surface area contributed by atoms with Gasteiger partial charge in [-0.2, -0.15) is 0 Å². The van der Waals surface area contributed by atoms with Crippen LogP contribution in [-0.2, 0) is 10.0 Å². The third kappa shape index (κ3) is 3.11. The molecule has 0 heterocycles. The maximum atomic E-state index is 11.8. The first-order chi connectivity index (χ1) is 7.12. The van der Waals surface area contributed by atoms with Crippen LogP contribution in [0.25, 0.3) is 0 Å². The van der Waals surface area contributed by atoms with Gasteiger partial charge in [-0.05, 0) is 32.9 Å². The molecule has 0 aromatic heterocycles. The molecule has 0 unspecified atom stereocenters. The van der Waals surface area contributed by atoms with Crippen LogP contribution in [0, 0.1) is 0 Å². The van der Waals surface area contributed by atoms with Crippen molar-refractivity contribution in [3.8, 4) is 5.75 Å². The summed E-state index contributed by atoms with van der Waals surface area (Å²) in [6, 6.07) is 3.83. The van der Waals surface area contributed by atoms with Gasteiger partial charge in [0.1, 0.15) is 5.75 Å². The number of nitrogens with two attached hydrogens (primary N) is 1. The second-order valence-corrected chi connectivity index (χ2v) is 6.26. The van der Waals surface area contributed by atoms with Gasteiger partial charge in [0.25, 0.3) is 0 Å². The molecule has 16 heavy (non-hydrogen) atoms. The largest absolute Gasteiger partial charge is 0.506 e. The molecule has 0 atom stereocenters. The highest BCUT2D eigenvalue weighted by atomic mass is 32.2. The van der Waals surface area contributed by atoms with E-state index in [0.29, 0.717) is 0 Å². The van der Waals surface area contributed by atoms with E-state index in [1.165, 1.54) is 12.1 Å². The van der Waals surface area contributed by atoms with Crippen molar-refractivity contribution < 1.29 is 13.5 Å². The summed E-state index contributed by atoms with van der Waals surface area (Å²) in [5, 5.41) is 9.34. The standard InChI is InChI=1S/C10H16N2O3S/c1-10(2,3)12-16(14,15)7-4-5-8(11)9(13)6-7/h4-6,12-13H,11H2,1-3H3. The molecule has 0 radical (unpaired) electrons. The van der Waals surface area contributed by atoms with Gasteiger partial charge in [0.15, 0.2) is 0 Å². The molecule has 0 amide bonds. The van der Waals surface area contributed by atoms with Crippen LogP contribution in [0.3, 0.4) is 0 Å². The van der Waals surface area contributed by atoms with Gasteiger partial charge in [-0.1, -0.05) is 0 Å². The normalized spacial score (nSPS) is 12.7. The monoisotopic (exact) mass is 244 g/mol. The van der Waals surface area contributed by atoms with Gasteiger partial charge in [0.05, 0.1) is 10.6 Å². The van der Waals surface area contributed by atoms with Crippen molar-refractivity contribution in [1.29, 1.82) is 0 Å². The fourth-order valence-corrected chi connectivity index (χ4v) is 2.59. The van der Waals surface area contributed by atoms with Gasteiger partial charge < -0.3 is 10.8 Å². The lowest BCUT2D eigenvalue weighted by atomic mass is 10.1.